The van der Waals surface area contributed by atoms with Gasteiger partial charge in [-0.25, -0.2) is 4.79 Å². The predicted molar refractivity (Wildman–Crippen MR) is 39.8 cm³/mol. The van der Waals surface area contributed by atoms with Crippen LogP contribution in [0.4, 0.5) is 4.79 Å². The van der Waals surface area contributed by atoms with Crippen LogP contribution in [0.5, 0.6) is 0 Å². The van der Waals surface area contributed by atoms with Gasteiger partial charge in [0, 0.05) is 13.6 Å². The van der Waals surface area contributed by atoms with Gasteiger partial charge in [-0.1, -0.05) is 13.8 Å². The third-order valence-electron chi connectivity index (χ3n) is 2.05. The Hall–Kier alpha value is -0.730. The van der Waals surface area contributed by atoms with Gasteiger partial charge in [-0.15, -0.1) is 0 Å². The van der Waals surface area contributed by atoms with E-state index in [9.17, 15) is 4.79 Å². The zero-order valence-electron chi connectivity index (χ0n) is 6.72. The number of rotatable bonds is 1. The zero-order valence-corrected chi connectivity index (χ0v) is 6.72. The molecule has 10 heavy (non-hydrogen) atoms. The summed E-state index contributed by atoms with van der Waals surface area (Å²) in [7, 11) is 1.84. The van der Waals surface area contributed by atoms with E-state index in [0.29, 0.717) is 12.0 Å². The Morgan fingerprint density at radius 3 is 2.50 bits per heavy atom. The van der Waals surface area contributed by atoms with Crippen LogP contribution in [0.3, 0.4) is 0 Å². The number of amides is 2. The van der Waals surface area contributed by atoms with Crippen molar-refractivity contribution in [3.8, 4) is 0 Å². The lowest BCUT2D eigenvalue weighted by molar-refractivity contribution is 0.206. The number of urea groups is 1. The Labute approximate surface area is 61.4 Å². The van der Waals surface area contributed by atoms with Gasteiger partial charge in [0.25, 0.3) is 0 Å². The van der Waals surface area contributed by atoms with Crippen LogP contribution in [0.15, 0.2) is 0 Å². The van der Waals surface area contributed by atoms with Crippen LogP contribution in [0.2, 0.25) is 0 Å². The molecule has 1 saturated heterocycles. The molecule has 1 aliphatic heterocycles. The minimum atomic E-state index is 0.0544. The van der Waals surface area contributed by atoms with Crippen LogP contribution in [-0.2, 0) is 0 Å². The van der Waals surface area contributed by atoms with Gasteiger partial charge >= 0.3 is 6.03 Å². The second-order valence-corrected chi connectivity index (χ2v) is 3.11. The Bertz CT molecular complexity index is 145. The van der Waals surface area contributed by atoms with Crippen LogP contribution < -0.4 is 5.32 Å². The molecule has 0 aromatic carbocycles. The summed E-state index contributed by atoms with van der Waals surface area (Å²) in [5.41, 5.74) is 0. The molecule has 0 aromatic rings. The molecule has 1 heterocycles. The maximum atomic E-state index is 10.9. The molecule has 2 amide bonds. The quantitative estimate of drug-likeness (QED) is 0.573. The Morgan fingerprint density at radius 2 is 2.30 bits per heavy atom. The van der Waals surface area contributed by atoms with Gasteiger partial charge in [-0.05, 0) is 5.92 Å². The zero-order chi connectivity index (χ0) is 7.72. The average molecular weight is 142 g/mol. The fraction of sp³-hybridized carbons (Fsp3) is 0.857. The first-order valence-electron chi connectivity index (χ1n) is 3.63. The molecule has 0 bridgehead atoms. The first kappa shape index (κ1) is 7.38. The van der Waals surface area contributed by atoms with Gasteiger partial charge in [-0.2, -0.15) is 0 Å². The summed E-state index contributed by atoms with van der Waals surface area (Å²) in [5.74, 6) is 0.545. The van der Waals surface area contributed by atoms with Crippen LogP contribution in [0.25, 0.3) is 0 Å². The summed E-state index contributed by atoms with van der Waals surface area (Å²) >= 11 is 0. The largest absolute Gasteiger partial charge is 0.336 e. The van der Waals surface area contributed by atoms with E-state index in [4.69, 9.17) is 0 Å². The first-order chi connectivity index (χ1) is 4.63. The monoisotopic (exact) mass is 142 g/mol. The number of hydrogen-bond donors (Lipinski definition) is 1. The second-order valence-electron chi connectivity index (χ2n) is 3.11. The number of nitrogens with one attached hydrogen (secondary N) is 1. The maximum absolute atomic E-state index is 10.9. The smallest absolute Gasteiger partial charge is 0.317 e. The fourth-order valence-electron chi connectivity index (χ4n) is 1.29. The summed E-state index contributed by atoms with van der Waals surface area (Å²) in [6.45, 7) is 5.05. The first-order valence-corrected chi connectivity index (χ1v) is 3.63. The number of carbonyl (C=O) groups excluding carboxylic acids is 1. The van der Waals surface area contributed by atoms with Crippen molar-refractivity contribution >= 4 is 6.03 Å². The molecule has 1 unspecified atom stereocenters. The fourth-order valence-corrected chi connectivity index (χ4v) is 1.29. The average Bonchev–Trinajstić information content (AvgIpc) is 2.14. The van der Waals surface area contributed by atoms with Crippen molar-refractivity contribution in [1.82, 2.24) is 10.2 Å². The van der Waals surface area contributed by atoms with E-state index in [-0.39, 0.29) is 6.03 Å². The van der Waals surface area contributed by atoms with E-state index in [1.54, 1.807) is 4.90 Å². The molecule has 0 aliphatic carbocycles. The summed E-state index contributed by atoms with van der Waals surface area (Å²) in [5, 5.41) is 2.79. The SMILES string of the molecule is CC(C)C1CNC(=O)N1C. The van der Waals surface area contributed by atoms with E-state index >= 15 is 0 Å². The topological polar surface area (TPSA) is 32.3 Å². The lowest BCUT2D eigenvalue weighted by Gasteiger charge is -2.20. The van der Waals surface area contributed by atoms with Crippen molar-refractivity contribution in [3.05, 3.63) is 0 Å². The van der Waals surface area contributed by atoms with Crippen LogP contribution in [0, 0.1) is 5.92 Å². The molecule has 0 radical (unpaired) electrons. The summed E-state index contributed by atoms with van der Waals surface area (Å²) in [6.07, 6.45) is 0. The number of hydrogen-bond acceptors (Lipinski definition) is 1. The van der Waals surface area contributed by atoms with Crippen LogP contribution >= 0.6 is 0 Å². The van der Waals surface area contributed by atoms with Crippen molar-refractivity contribution in [2.24, 2.45) is 5.92 Å². The minimum Gasteiger partial charge on any atom is -0.336 e. The highest BCUT2D eigenvalue weighted by atomic mass is 16.2. The molecule has 3 heteroatoms. The Balaban J connectivity index is 2.57. The van der Waals surface area contributed by atoms with Gasteiger partial charge in [0.1, 0.15) is 0 Å². The molecule has 0 saturated carbocycles. The standard InChI is InChI=1S/C7H14N2O/c1-5(2)6-4-8-7(10)9(6)3/h5-6H,4H2,1-3H3,(H,8,10). The molecule has 0 aromatic heterocycles. The van der Waals surface area contributed by atoms with E-state index in [1.165, 1.54) is 0 Å². The van der Waals surface area contributed by atoms with Gasteiger partial charge in [0.2, 0.25) is 0 Å². The van der Waals surface area contributed by atoms with Gasteiger partial charge in [-0.3, -0.25) is 0 Å². The van der Waals surface area contributed by atoms with E-state index < -0.39 is 0 Å². The summed E-state index contributed by atoms with van der Waals surface area (Å²) < 4.78 is 0. The molecule has 1 fully saturated rings. The van der Waals surface area contributed by atoms with Crippen molar-refractivity contribution in [2.75, 3.05) is 13.6 Å². The predicted octanol–water partition coefficient (Wildman–Crippen LogP) is 0.666. The Morgan fingerprint density at radius 1 is 1.70 bits per heavy atom. The molecule has 1 N–H and O–H groups in total. The van der Waals surface area contributed by atoms with Crippen LogP contribution in [0.1, 0.15) is 13.8 Å². The molecular formula is C7H14N2O. The highest BCUT2D eigenvalue weighted by Gasteiger charge is 2.28. The molecule has 1 rings (SSSR count). The third-order valence-corrected chi connectivity index (χ3v) is 2.05. The highest BCUT2D eigenvalue weighted by molar-refractivity contribution is 5.76. The van der Waals surface area contributed by atoms with E-state index in [1.807, 2.05) is 7.05 Å². The van der Waals surface area contributed by atoms with Crippen molar-refractivity contribution in [2.45, 2.75) is 19.9 Å². The summed E-state index contributed by atoms with van der Waals surface area (Å²) in [6, 6.07) is 0.436. The molecule has 58 valence electrons. The molecule has 0 spiro atoms. The van der Waals surface area contributed by atoms with Crippen molar-refractivity contribution in [3.63, 3.8) is 0 Å². The third kappa shape index (κ3) is 1.08. The second kappa shape index (κ2) is 2.48. The van der Waals surface area contributed by atoms with E-state index in [2.05, 4.69) is 19.2 Å². The number of likely N-dealkylation sites (N-methyl/N-ethyl adjacent to an activating group) is 1. The lowest BCUT2D eigenvalue weighted by atomic mass is 10.1. The van der Waals surface area contributed by atoms with Gasteiger partial charge in [0.15, 0.2) is 0 Å². The molecule has 1 atom stereocenters. The van der Waals surface area contributed by atoms with Gasteiger partial charge in [0.05, 0.1) is 6.04 Å². The Kier molecular flexibility index (Phi) is 1.83. The molecule has 3 nitrogen and oxygen atoms in total. The van der Waals surface area contributed by atoms with Crippen LogP contribution in [-0.4, -0.2) is 30.6 Å². The minimum absolute atomic E-state index is 0.0544. The number of nitrogens with zero attached hydrogens (tertiary/aromatic N) is 1. The van der Waals surface area contributed by atoms with E-state index in [0.717, 1.165) is 6.54 Å². The van der Waals surface area contributed by atoms with Crippen molar-refractivity contribution in [1.29, 1.82) is 0 Å². The number of carbonyl (C=O) groups is 1. The lowest BCUT2D eigenvalue weighted by Crippen LogP contribution is -2.33. The van der Waals surface area contributed by atoms with Gasteiger partial charge < -0.3 is 10.2 Å². The molecule has 1 aliphatic rings. The maximum Gasteiger partial charge on any atom is 0.317 e. The summed E-state index contributed by atoms with van der Waals surface area (Å²) in [4.78, 5) is 12.7. The highest BCUT2D eigenvalue weighted by Crippen LogP contribution is 2.12. The normalized spacial score (nSPS) is 25.8. The molecular weight excluding hydrogens is 128 g/mol. The van der Waals surface area contributed by atoms with Crippen molar-refractivity contribution < 1.29 is 4.79 Å².